The molecule has 0 aliphatic carbocycles. The molecule has 2 atom stereocenters. The van der Waals surface area contributed by atoms with Gasteiger partial charge in [-0.2, -0.15) is 0 Å². The molecule has 0 saturated carbocycles. The van der Waals surface area contributed by atoms with E-state index in [1.807, 2.05) is 29.2 Å². The number of carbonyl (C=O) groups excluding carboxylic acids is 1. The highest BCUT2D eigenvalue weighted by Gasteiger charge is 2.36. The van der Waals surface area contributed by atoms with Crippen molar-refractivity contribution in [3.63, 3.8) is 0 Å². The van der Waals surface area contributed by atoms with Crippen LogP contribution >= 0.6 is 0 Å². The van der Waals surface area contributed by atoms with Gasteiger partial charge in [0.1, 0.15) is 5.75 Å². The number of hydrogen-bond acceptors (Lipinski definition) is 5. The van der Waals surface area contributed by atoms with Gasteiger partial charge in [-0.1, -0.05) is 18.2 Å². The highest BCUT2D eigenvalue weighted by atomic mass is 16.5. The fourth-order valence-corrected chi connectivity index (χ4v) is 2.68. The highest BCUT2D eigenvalue weighted by Crippen LogP contribution is 2.22. The summed E-state index contributed by atoms with van der Waals surface area (Å²) in [5.74, 6) is 0.719. The minimum absolute atomic E-state index is 0.0391. The van der Waals surface area contributed by atoms with Crippen molar-refractivity contribution in [1.29, 1.82) is 0 Å². The van der Waals surface area contributed by atoms with E-state index in [1.165, 1.54) is 0 Å². The van der Waals surface area contributed by atoms with Crippen molar-refractivity contribution in [1.82, 2.24) is 10.2 Å². The molecule has 3 N–H and O–H groups in total. The van der Waals surface area contributed by atoms with Gasteiger partial charge in [-0.3, -0.25) is 4.79 Å². The molecular formula is C17H26N2O4. The molecular weight excluding hydrogens is 296 g/mol. The quantitative estimate of drug-likeness (QED) is 0.711. The number of amides is 1. The molecule has 0 spiro atoms. The second-order valence-electron chi connectivity index (χ2n) is 6.26. The number of nitrogens with zero attached hydrogens (tertiary/aromatic N) is 1. The first kappa shape index (κ1) is 17.7. The number of carbonyl (C=O) groups is 1. The fraction of sp³-hybridized carbons (Fsp3) is 0.588. The zero-order valence-corrected chi connectivity index (χ0v) is 13.8. The number of rotatable bonds is 6. The van der Waals surface area contributed by atoms with E-state index in [-0.39, 0.29) is 5.91 Å². The van der Waals surface area contributed by atoms with Crippen molar-refractivity contribution in [2.45, 2.75) is 38.0 Å². The zero-order valence-electron chi connectivity index (χ0n) is 13.8. The Bertz CT molecular complexity index is 533. The number of aliphatic hydroxyl groups is 2. The van der Waals surface area contributed by atoms with Crippen LogP contribution in [0, 0.1) is 0 Å². The van der Waals surface area contributed by atoms with Crippen LogP contribution in [-0.4, -0.2) is 59.5 Å². The van der Waals surface area contributed by atoms with E-state index < -0.39 is 11.7 Å². The van der Waals surface area contributed by atoms with Crippen molar-refractivity contribution in [3.8, 4) is 5.75 Å². The Morgan fingerprint density at radius 1 is 1.48 bits per heavy atom. The Morgan fingerprint density at radius 2 is 2.22 bits per heavy atom. The molecule has 1 heterocycles. The van der Waals surface area contributed by atoms with Crippen molar-refractivity contribution in [3.05, 3.63) is 29.8 Å². The maximum absolute atomic E-state index is 12.0. The predicted molar refractivity (Wildman–Crippen MR) is 87.1 cm³/mol. The molecule has 6 nitrogen and oxygen atoms in total. The molecule has 1 saturated heterocycles. The number of likely N-dealkylation sites (tertiary alicyclic amines) is 1. The molecule has 6 heteroatoms. The van der Waals surface area contributed by atoms with Crippen LogP contribution in [0.1, 0.15) is 25.3 Å². The summed E-state index contributed by atoms with van der Waals surface area (Å²) in [6, 6.07) is 7.58. The Kier molecular flexibility index (Phi) is 5.98. The Labute approximate surface area is 137 Å². The molecule has 23 heavy (non-hydrogen) atoms. The van der Waals surface area contributed by atoms with E-state index in [4.69, 9.17) is 4.74 Å². The van der Waals surface area contributed by atoms with Crippen molar-refractivity contribution >= 4 is 5.91 Å². The summed E-state index contributed by atoms with van der Waals surface area (Å²) in [5.41, 5.74) is -0.0874. The summed E-state index contributed by atoms with van der Waals surface area (Å²) in [6.45, 7) is 3.73. The first-order valence-corrected chi connectivity index (χ1v) is 7.94. The van der Waals surface area contributed by atoms with Crippen molar-refractivity contribution in [2.75, 3.05) is 26.7 Å². The van der Waals surface area contributed by atoms with Crippen LogP contribution in [0.4, 0.5) is 0 Å². The molecule has 1 amide bonds. The average Bonchev–Trinajstić information content (AvgIpc) is 2.54. The largest absolute Gasteiger partial charge is 0.496 e. The van der Waals surface area contributed by atoms with Crippen LogP contribution in [0.15, 0.2) is 24.3 Å². The van der Waals surface area contributed by atoms with E-state index in [0.717, 1.165) is 11.3 Å². The lowest BCUT2D eigenvalue weighted by atomic mass is 9.91. The lowest BCUT2D eigenvalue weighted by Gasteiger charge is -2.39. The number of para-hydroxylation sites is 1. The van der Waals surface area contributed by atoms with Gasteiger partial charge in [0, 0.05) is 38.2 Å². The predicted octanol–water partition coefficient (Wildman–Crippen LogP) is 0.519. The number of benzene rings is 1. The summed E-state index contributed by atoms with van der Waals surface area (Å²) >= 11 is 0. The van der Waals surface area contributed by atoms with E-state index in [2.05, 4.69) is 5.32 Å². The lowest BCUT2D eigenvalue weighted by Crippen LogP contribution is -2.54. The minimum Gasteiger partial charge on any atom is -0.496 e. The summed E-state index contributed by atoms with van der Waals surface area (Å²) in [4.78, 5) is 14.0. The van der Waals surface area contributed by atoms with Gasteiger partial charge in [0.05, 0.1) is 18.8 Å². The topological polar surface area (TPSA) is 82.0 Å². The number of piperidine rings is 1. The summed E-state index contributed by atoms with van der Waals surface area (Å²) in [7, 11) is 1.61. The van der Waals surface area contributed by atoms with Gasteiger partial charge in [-0.15, -0.1) is 0 Å². The Morgan fingerprint density at radius 3 is 2.91 bits per heavy atom. The second kappa shape index (κ2) is 7.77. The van der Waals surface area contributed by atoms with Gasteiger partial charge in [0.15, 0.2) is 0 Å². The normalized spacial score (nSPS) is 25.1. The van der Waals surface area contributed by atoms with E-state index >= 15 is 0 Å². The molecule has 1 aliphatic heterocycles. The average molecular weight is 322 g/mol. The minimum atomic E-state index is -1.03. The van der Waals surface area contributed by atoms with Crippen LogP contribution in [0.5, 0.6) is 5.75 Å². The number of ether oxygens (including phenoxy) is 1. The number of hydrogen-bond donors (Lipinski definition) is 3. The van der Waals surface area contributed by atoms with Crippen molar-refractivity contribution < 1.29 is 19.7 Å². The molecule has 2 rings (SSSR count). The molecule has 0 radical (unpaired) electrons. The molecule has 1 aromatic carbocycles. The number of nitrogens with one attached hydrogen (secondary N) is 1. The van der Waals surface area contributed by atoms with Crippen LogP contribution in [0.25, 0.3) is 0 Å². The van der Waals surface area contributed by atoms with Crippen molar-refractivity contribution in [2.24, 2.45) is 0 Å². The molecule has 1 aliphatic rings. The summed E-state index contributed by atoms with van der Waals surface area (Å²) < 4.78 is 5.25. The molecule has 1 aromatic rings. The lowest BCUT2D eigenvalue weighted by molar-refractivity contribution is -0.123. The van der Waals surface area contributed by atoms with E-state index in [1.54, 1.807) is 14.0 Å². The van der Waals surface area contributed by atoms with Crippen LogP contribution < -0.4 is 10.1 Å². The first-order chi connectivity index (χ1) is 10.9. The number of β-amino-alcohol motifs (C(OH)–C–C–N with tert-alkyl or cyclic N) is 1. The number of aliphatic hydroxyl groups excluding tert-OH is 1. The third kappa shape index (κ3) is 4.92. The zero-order chi connectivity index (χ0) is 16.9. The van der Waals surface area contributed by atoms with Crippen LogP contribution in [-0.2, 0) is 11.3 Å². The molecule has 0 bridgehead atoms. The summed E-state index contributed by atoms with van der Waals surface area (Å²) in [6.07, 6.45) is 0.106. The fourth-order valence-electron chi connectivity index (χ4n) is 2.68. The van der Waals surface area contributed by atoms with Gasteiger partial charge < -0.3 is 25.2 Å². The smallest absolute Gasteiger partial charge is 0.221 e. The van der Waals surface area contributed by atoms with E-state index in [0.29, 0.717) is 39.0 Å². The van der Waals surface area contributed by atoms with Gasteiger partial charge in [-0.05, 0) is 19.4 Å². The third-order valence-electron chi connectivity index (χ3n) is 4.41. The third-order valence-corrected chi connectivity index (χ3v) is 4.41. The molecule has 0 unspecified atom stereocenters. The molecule has 128 valence electrons. The SMILES string of the molecule is COc1ccccc1CNC(=O)CCN1CC[C@@](C)(O)[C@@H](O)C1. The van der Waals surface area contributed by atoms with Gasteiger partial charge in [0.2, 0.25) is 5.91 Å². The Balaban J connectivity index is 1.73. The van der Waals surface area contributed by atoms with E-state index in [9.17, 15) is 15.0 Å². The maximum Gasteiger partial charge on any atom is 0.221 e. The van der Waals surface area contributed by atoms with Gasteiger partial charge in [-0.25, -0.2) is 0 Å². The Hall–Kier alpha value is -1.63. The monoisotopic (exact) mass is 322 g/mol. The highest BCUT2D eigenvalue weighted by molar-refractivity contribution is 5.76. The molecule has 0 aromatic heterocycles. The summed E-state index contributed by atoms with van der Waals surface area (Å²) in [5, 5.41) is 22.7. The van der Waals surface area contributed by atoms with Gasteiger partial charge >= 0.3 is 0 Å². The number of methoxy groups -OCH3 is 1. The first-order valence-electron chi connectivity index (χ1n) is 7.94. The van der Waals surface area contributed by atoms with Gasteiger partial charge in [0.25, 0.3) is 0 Å². The maximum atomic E-state index is 12.0. The second-order valence-corrected chi connectivity index (χ2v) is 6.26. The molecule has 1 fully saturated rings. The van der Waals surface area contributed by atoms with Crippen LogP contribution in [0.2, 0.25) is 0 Å². The standard InChI is InChI=1S/C17H26N2O4/c1-17(22)8-10-19(12-15(17)20)9-7-16(21)18-11-13-5-3-4-6-14(13)23-2/h3-6,15,20,22H,7-12H2,1-2H3,(H,18,21)/t15-,17+/m0/s1. The van der Waals surface area contributed by atoms with Crippen LogP contribution in [0.3, 0.4) is 0 Å².